The van der Waals surface area contributed by atoms with Gasteiger partial charge in [-0.1, -0.05) is 17.0 Å². The number of oxazole rings is 1. The summed E-state index contributed by atoms with van der Waals surface area (Å²) >= 11 is 4.62. The average Bonchev–Trinajstić information content (AvgIpc) is 3.59. The Labute approximate surface area is 225 Å². The van der Waals surface area contributed by atoms with Crippen LogP contribution < -0.4 is 0 Å². The van der Waals surface area contributed by atoms with Gasteiger partial charge in [0.2, 0.25) is 0 Å². The normalized spacial score (nSPS) is 23.6. The highest BCUT2D eigenvalue weighted by atomic mass is 79.9. The van der Waals surface area contributed by atoms with E-state index in [-0.39, 0.29) is 17.9 Å². The molecule has 5 rings (SSSR count). The van der Waals surface area contributed by atoms with Crippen molar-refractivity contribution in [1.82, 2.24) is 25.0 Å². The van der Waals surface area contributed by atoms with Gasteiger partial charge in [0.1, 0.15) is 47.9 Å². The van der Waals surface area contributed by atoms with Gasteiger partial charge in [-0.05, 0) is 34.1 Å². The van der Waals surface area contributed by atoms with Gasteiger partial charge in [-0.15, -0.1) is 5.10 Å². The third-order valence-electron chi connectivity index (χ3n) is 5.75. The van der Waals surface area contributed by atoms with E-state index in [9.17, 15) is 23.4 Å². The minimum Gasteiger partial charge on any atom is -0.446 e. The van der Waals surface area contributed by atoms with Crippen molar-refractivity contribution in [3.8, 4) is 11.3 Å². The standard InChI is InChI=1S/C23H19BrF3N5O5S/c24-12-3-14(6-28-4-12)38-23-22(35-9-13-5-29-10-36-13)20(21(34)18(8-33)37-23)32-7-17(30-31-32)11-1-15(25)19(27)16(26)2-11/h1-7,10,18,20-23,33-34H,8-9H2/t18-,20+,21+,22-,23-/m1/s1. The molecule has 4 aromatic rings. The molecule has 4 heterocycles. The molecular weight excluding hydrogens is 595 g/mol. The van der Waals surface area contributed by atoms with Crippen LogP contribution in [-0.4, -0.2) is 65.5 Å². The van der Waals surface area contributed by atoms with E-state index in [2.05, 4.69) is 36.2 Å². The molecule has 10 nitrogen and oxygen atoms in total. The maximum absolute atomic E-state index is 13.8. The maximum Gasteiger partial charge on any atom is 0.194 e. The first-order chi connectivity index (χ1) is 18.3. The number of thioether (sulfide) groups is 1. The number of ether oxygens (including phenoxy) is 2. The Bertz CT molecular complexity index is 1370. The Kier molecular flexibility index (Phi) is 8.11. The molecule has 0 radical (unpaired) electrons. The molecule has 1 aliphatic heterocycles. The van der Waals surface area contributed by atoms with Crippen molar-refractivity contribution >= 4 is 27.7 Å². The second-order valence-electron chi connectivity index (χ2n) is 8.24. The van der Waals surface area contributed by atoms with Crippen molar-refractivity contribution in [2.75, 3.05) is 6.61 Å². The maximum atomic E-state index is 13.8. The lowest BCUT2D eigenvalue weighted by atomic mass is 9.97. The lowest BCUT2D eigenvalue weighted by Gasteiger charge is -2.43. The minimum absolute atomic E-state index is 0.0245. The predicted molar refractivity (Wildman–Crippen MR) is 129 cm³/mol. The molecule has 0 spiro atoms. The summed E-state index contributed by atoms with van der Waals surface area (Å²) in [6.45, 7) is -0.555. The van der Waals surface area contributed by atoms with Crippen molar-refractivity contribution in [2.45, 2.75) is 41.3 Å². The fourth-order valence-corrected chi connectivity index (χ4v) is 5.65. The Morgan fingerprint density at radius 2 is 1.89 bits per heavy atom. The van der Waals surface area contributed by atoms with Gasteiger partial charge >= 0.3 is 0 Å². The van der Waals surface area contributed by atoms with Crippen LogP contribution in [0, 0.1) is 17.5 Å². The van der Waals surface area contributed by atoms with E-state index < -0.39 is 53.8 Å². The number of nitrogens with zero attached hydrogens (tertiary/aromatic N) is 5. The van der Waals surface area contributed by atoms with Gasteiger partial charge in [0, 0.05) is 27.3 Å². The molecule has 1 fully saturated rings. The van der Waals surface area contributed by atoms with E-state index in [0.29, 0.717) is 10.7 Å². The predicted octanol–water partition coefficient (Wildman–Crippen LogP) is 3.50. The molecule has 0 aliphatic carbocycles. The van der Waals surface area contributed by atoms with Crippen LogP contribution >= 0.6 is 27.7 Å². The first-order valence-corrected chi connectivity index (χ1v) is 12.8. The number of hydrogen-bond donors (Lipinski definition) is 2. The van der Waals surface area contributed by atoms with E-state index in [1.165, 1.54) is 35.2 Å². The molecule has 3 aromatic heterocycles. The SMILES string of the molecule is OC[C@H]1O[C@H](Sc2cncc(Br)c2)[C@H](OCc2cnco2)[C@@H](n2cc(-c3cc(F)c(F)c(F)c3)nn2)[C@H]1O. The second-order valence-corrected chi connectivity index (χ2v) is 10.3. The van der Waals surface area contributed by atoms with Crippen LogP contribution in [-0.2, 0) is 16.1 Å². The van der Waals surface area contributed by atoms with Gasteiger partial charge in [0.05, 0.1) is 19.0 Å². The zero-order valence-electron chi connectivity index (χ0n) is 19.2. The van der Waals surface area contributed by atoms with E-state index in [1.807, 2.05) is 6.07 Å². The quantitative estimate of drug-likeness (QED) is 0.285. The number of benzene rings is 1. The number of hydrogen-bond acceptors (Lipinski definition) is 10. The summed E-state index contributed by atoms with van der Waals surface area (Å²) in [6.07, 6.45) is 4.03. The summed E-state index contributed by atoms with van der Waals surface area (Å²) in [5.74, 6) is -3.96. The number of pyridine rings is 1. The number of halogens is 4. The number of aromatic nitrogens is 5. The Balaban J connectivity index is 1.51. The number of aliphatic hydroxyl groups excluding tert-OH is 2. The van der Waals surface area contributed by atoms with E-state index in [1.54, 1.807) is 12.4 Å². The monoisotopic (exact) mass is 613 g/mol. The van der Waals surface area contributed by atoms with Crippen LogP contribution in [0.5, 0.6) is 0 Å². The molecule has 0 saturated carbocycles. The molecule has 0 amide bonds. The van der Waals surface area contributed by atoms with Crippen molar-refractivity contribution in [3.63, 3.8) is 0 Å². The van der Waals surface area contributed by atoms with Crippen LogP contribution in [0.15, 0.2) is 63.2 Å². The largest absolute Gasteiger partial charge is 0.446 e. The molecule has 0 unspecified atom stereocenters. The van der Waals surface area contributed by atoms with Crippen molar-refractivity contribution in [2.24, 2.45) is 0 Å². The summed E-state index contributed by atoms with van der Waals surface area (Å²) in [5.41, 5.74) is -0.817. The molecule has 200 valence electrons. The Morgan fingerprint density at radius 3 is 2.58 bits per heavy atom. The van der Waals surface area contributed by atoms with E-state index in [4.69, 9.17) is 13.9 Å². The van der Waals surface area contributed by atoms with Crippen molar-refractivity contribution in [1.29, 1.82) is 0 Å². The molecular formula is C23H19BrF3N5O5S. The van der Waals surface area contributed by atoms with Gasteiger partial charge < -0.3 is 24.1 Å². The summed E-state index contributed by atoms with van der Waals surface area (Å²) in [5, 5.41) is 29.1. The van der Waals surface area contributed by atoms with E-state index >= 15 is 0 Å². The first-order valence-electron chi connectivity index (χ1n) is 11.1. The third kappa shape index (κ3) is 5.62. The van der Waals surface area contributed by atoms with Gasteiger partial charge in [0.25, 0.3) is 0 Å². The van der Waals surface area contributed by atoms with Gasteiger partial charge in [0.15, 0.2) is 23.8 Å². The molecule has 1 saturated heterocycles. The summed E-state index contributed by atoms with van der Waals surface area (Å²) in [6, 6.07) is 2.42. The zero-order chi connectivity index (χ0) is 26.8. The fourth-order valence-electron chi connectivity index (χ4n) is 3.98. The summed E-state index contributed by atoms with van der Waals surface area (Å²) in [4.78, 5) is 8.72. The highest BCUT2D eigenvalue weighted by Crippen LogP contribution is 2.40. The first kappa shape index (κ1) is 26.8. The number of rotatable bonds is 8. The summed E-state index contributed by atoms with van der Waals surface area (Å²) < 4.78 is 60.5. The highest BCUT2D eigenvalue weighted by Gasteiger charge is 2.48. The third-order valence-corrected chi connectivity index (χ3v) is 7.29. The molecule has 1 aromatic carbocycles. The van der Waals surface area contributed by atoms with Crippen LogP contribution in [0.4, 0.5) is 13.2 Å². The molecule has 1 aliphatic rings. The molecule has 38 heavy (non-hydrogen) atoms. The molecule has 5 atom stereocenters. The smallest absolute Gasteiger partial charge is 0.194 e. The fraction of sp³-hybridized carbons (Fsp3) is 0.304. The average molecular weight is 614 g/mol. The lowest BCUT2D eigenvalue weighted by molar-refractivity contribution is -0.197. The molecule has 15 heteroatoms. The van der Waals surface area contributed by atoms with Crippen molar-refractivity contribution < 1.29 is 37.3 Å². The van der Waals surface area contributed by atoms with E-state index in [0.717, 1.165) is 16.6 Å². The molecule has 2 N–H and O–H groups in total. The minimum atomic E-state index is -1.60. The lowest BCUT2D eigenvalue weighted by Crippen LogP contribution is -2.55. The zero-order valence-corrected chi connectivity index (χ0v) is 21.6. The van der Waals surface area contributed by atoms with Gasteiger partial charge in [-0.2, -0.15) is 0 Å². The van der Waals surface area contributed by atoms with Crippen molar-refractivity contribution in [3.05, 3.63) is 77.1 Å². The Morgan fingerprint density at radius 1 is 1.11 bits per heavy atom. The Hall–Kier alpha value is -2.82. The van der Waals surface area contributed by atoms with Crippen LogP contribution in [0.2, 0.25) is 0 Å². The van der Waals surface area contributed by atoms with Crippen LogP contribution in [0.3, 0.4) is 0 Å². The molecule has 0 bridgehead atoms. The van der Waals surface area contributed by atoms with Gasteiger partial charge in [-0.25, -0.2) is 22.8 Å². The summed E-state index contributed by atoms with van der Waals surface area (Å²) in [7, 11) is 0. The second kappa shape index (κ2) is 11.5. The van der Waals surface area contributed by atoms with Crippen LogP contribution in [0.25, 0.3) is 11.3 Å². The van der Waals surface area contributed by atoms with Crippen LogP contribution in [0.1, 0.15) is 11.8 Å². The topological polar surface area (TPSA) is 129 Å². The number of aliphatic hydroxyl groups is 2. The van der Waals surface area contributed by atoms with Gasteiger partial charge in [-0.3, -0.25) is 4.98 Å². The highest BCUT2D eigenvalue weighted by molar-refractivity contribution is 9.10.